The van der Waals surface area contributed by atoms with Crippen molar-refractivity contribution in [2.45, 2.75) is 13.5 Å². The van der Waals surface area contributed by atoms with Crippen molar-refractivity contribution in [3.05, 3.63) is 47.8 Å². The zero-order valence-electron chi connectivity index (χ0n) is 8.72. The van der Waals surface area contributed by atoms with Gasteiger partial charge in [-0.25, -0.2) is 9.37 Å². The summed E-state index contributed by atoms with van der Waals surface area (Å²) in [6.07, 6.45) is 2.58. The van der Waals surface area contributed by atoms with Gasteiger partial charge in [-0.1, -0.05) is 0 Å². The van der Waals surface area contributed by atoms with Gasteiger partial charge in [-0.2, -0.15) is 5.10 Å². The topological polar surface area (TPSA) is 47.8 Å². The van der Waals surface area contributed by atoms with Crippen LogP contribution in [0.5, 0.6) is 0 Å². The molecule has 0 unspecified atom stereocenters. The number of hydrogen-bond donors (Lipinski definition) is 0. The van der Waals surface area contributed by atoms with E-state index in [0.717, 1.165) is 6.20 Å². The minimum absolute atomic E-state index is 0.219. The highest BCUT2D eigenvalue weighted by atomic mass is 19.1. The molecular weight excluding hydrogens is 209 g/mol. The van der Waals surface area contributed by atoms with Crippen molar-refractivity contribution in [2.24, 2.45) is 0 Å². The van der Waals surface area contributed by atoms with Crippen LogP contribution in [0.3, 0.4) is 0 Å². The minimum Gasteiger partial charge on any atom is -0.285 e. The summed E-state index contributed by atoms with van der Waals surface area (Å²) < 4.78 is 14.2. The van der Waals surface area contributed by atoms with E-state index in [1.807, 2.05) is 6.92 Å². The van der Waals surface area contributed by atoms with Crippen LogP contribution in [0.4, 0.5) is 4.39 Å². The Morgan fingerprint density at radius 1 is 1.44 bits per heavy atom. The number of hydrogen-bond acceptors (Lipinski definition) is 3. The number of rotatable bonds is 3. The lowest BCUT2D eigenvalue weighted by molar-refractivity contribution is 0.102. The molecule has 0 aliphatic heterocycles. The van der Waals surface area contributed by atoms with Crippen molar-refractivity contribution in [2.75, 3.05) is 0 Å². The Labute approximate surface area is 91.7 Å². The van der Waals surface area contributed by atoms with Gasteiger partial charge in [0.05, 0.1) is 6.20 Å². The van der Waals surface area contributed by atoms with Crippen molar-refractivity contribution < 1.29 is 9.18 Å². The monoisotopic (exact) mass is 219 g/mol. The Morgan fingerprint density at radius 2 is 2.25 bits per heavy atom. The fourth-order valence-corrected chi connectivity index (χ4v) is 1.42. The van der Waals surface area contributed by atoms with Crippen LogP contribution >= 0.6 is 0 Å². The first-order valence-corrected chi connectivity index (χ1v) is 4.90. The zero-order chi connectivity index (χ0) is 11.5. The number of carbonyl (C=O) groups excluding carboxylic acids is 1. The summed E-state index contributed by atoms with van der Waals surface area (Å²) >= 11 is 0. The molecule has 0 fully saturated rings. The summed E-state index contributed by atoms with van der Waals surface area (Å²) in [6.45, 7) is 2.50. The first kappa shape index (κ1) is 10.5. The fourth-order valence-electron chi connectivity index (χ4n) is 1.42. The molecule has 16 heavy (non-hydrogen) atoms. The largest absolute Gasteiger partial charge is 0.285 e. The number of ketones is 1. The summed E-state index contributed by atoms with van der Waals surface area (Å²) in [6, 6.07) is 4.20. The molecule has 0 spiro atoms. The average molecular weight is 219 g/mol. The molecule has 0 N–H and O–H groups in total. The number of pyridine rings is 1. The van der Waals surface area contributed by atoms with Gasteiger partial charge in [-0.05, 0) is 25.1 Å². The van der Waals surface area contributed by atoms with E-state index in [9.17, 15) is 9.18 Å². The molecule has 4 nitrogen and oxygen atoms in total. The van der Waals surface area contributed by atoms with Crippen LogP contribution in [0, 0.1) is 5.82 Å². The summed E-state index contributed by atoms with van der Waals surface area (Å²) in [4.78, 5) is 15.7. The molecule has 0 atom stereocenters. The number of nitrogens with zero attached hydrogens (tertiary/aromatic N) is 3. The molecule has 0 amide bonds. The molecule has 0 aromatic carbocycles. The molecule has 0 saturated heterocycles. The fraction of sp³-hybridized carbons (Fsp3) is 0.182. The van der Waals surface area contributed by atoms with E-state index in [2.05, 4.69) is 10.1 Å². The maximum absolute atomic E-state index is 12.6. The Hall–Kier alpha value is -2.04. The van der Waals surface area contributed by atoms with E-state index in [-0.39, 0.29) is 11.5 Å². The highest BCUT2D eigenvalue weighted by Gasteiger charge is 2.14. The molecular formula is C11H10FN3O. The standard InChI is InChI=1S/C11H10FN3O/c1-2-15-10(5-6-14-15)11(16)9-4-3-8(12)7-13-9/h3-7H,2H2,1H3. The maximum Gasteiger partial charge on any atom is 0.229 e. The molecule has 0 bridgehead atoms. The van der Waals surface area contributed by atoms with E-state index < -0.39 is 5.82 Å². The van der Waals surface area contributed by atoms with Gasteiger partial charge in [0.1, 0.15) is 17.2 Å². The Bertz CT molecular complexity index is 504. The molecule has 2 aromatic rings. The SMILES string of the molecule is CCn1nccc1C(=O)c1ccc(F)cn1. The van der Waals surface area contributed by atoms with Crippen LogP contribution < -0.4 is 0 Å². The predicted molar refractivity (Wildman–Crippen MR) is 55.5 cm³/mol. The van der Waals surface area contributed by atoms with Crippen molar-refractivity contribution in [1.29, 1.82) is 0 Å². The summed E-state index contributed by atoms with van der Waals surface area (Å²) in [5.74, 6) is -0.708. The van der Waals surface area contributed by atoms with E-state index in [4.69, 9.17) is 0 Å². The van der Waals surface area contributed by atoms with Gasteiger partial charge in [-0.15, -0.1) is 0 Å². The second-order valence-electron chi connectivity index (χ2n) is 3.22. The van der Waals surface area contributed by atoms with Gasteiger partial charge in [0.25, 0.3) is 0 Å². The van der Waals surface area contributed by atoms with E-state index >= 15 is 0 Å². The lowest BCUT2D eigenvalue weighted by Crippen LogP contribution is -2.11. The summed E-state index contributed by atoms with van der Waals surface area (Å²) in [5.41, 5.74) is 0.679. The highest BCUT2D eigenvalue weighted by molar-refractivity contribution is 6.06. The van der Waals surface area contributed by atoms with E-state index in [1.165, 1.54) is 12.1 Å². The molecule has 82 valence electrons. The first-order chi connectivity index (χ1) is 7.72. The van der Waals surface area contributed by atoms with Gasteiger partial charge in [-0.3, -0.25) is 9.48 Å². The third-order valence-corrected chi connectivity index (χ3v) is 2.21. The molecule has 0 saturated carbocycles. The Kier molecular flexibility index (Phi) is 2.76. The number of carbonyl (C=O) groups is 1. The molecule has 0 radical (unpaired) electrons. The van der Waals surface area contributed by atoms with E-state index in [0.29, 0.717) is 12.2 Å². The first-order valence-electron chi connectivity index (χ1n) is 4.90. The molecule has 2 aromatic heterocycles. The Morgan fingerprint density at radius 3 is 2.88 bits per heavy atom. The van der Waals surface area contributed by atoms with E-state index in [1.54, 1.807) is 16.9 Å². The third kappa shape index (κ3) is 1.84. The molecule has 5 heteroatoms. The quantitative estimate of drug-likeness (QED) is 0.738. The van der Waals surface area contributed by atoms with Gasteiger partial charge in [0.2, 0.25) is 5.78 Å². The van der Waals surface area contributed by atoms with Crippen LogP contribution in [0.15, 0.2) is 30.6 Å². The van der Waals surface area contributed by atoms with Crippen molar-refractivity contribution in [3.63, 3.8) is 0 Å². The minimum atomic E-state index is -0.458. The normalized spacial score (nSPS) is 10.4. The van der Waals surface area contributed by atoms with Crippen LogP contribution in [-0.2, 0) is 6.54 Å². The highest BCUT2D eigenvalue weighted by Crippen LogP contribution is 2.07. The third-order valence-electron chi connectivity index (χ3n) is 2.21. The second kappa shape index (κ2) is 4.22. The number of halogens is 1. The van der Waals surface area contributed by atoms with Crippen molar-refractivity contribution >= 4 is 5.78 Å². The van der Waals surface area contributed by atoms with Crippen LogP contribution in [-0.4, -0.2) is 20.5 Å². The maximum atomic E-state index is 12.6. The Balaban J connectivity index is 2.35. The van der Waals surface area contributed by atoms with Gasteiger partial charge in [0.15, 0.2) is 0 Å². The van der Waals surface area contributed by atoms with Gasteiger partial charge < -0.3 is 0 Å². The molecule has 0 aliphatic carbocycles. The lowest BCUT2D eigenvalue weighted by atomic mass is 10.2. The van der Waals surface area contributed by atoms with Crippen LogP contribution in [0.2, 0.25) is 0 Å². The second-order valence-corrected chi connectivity index (χ2v) is 3.22. The summed E-state index contributed by atoms with van der Waals surface area (Å²) in [5, 5.41) is 3.99. The number of aromatic nitrogens is 3. The van der Waals surface area contributed by atoms with Crippen molar-refractivity contribution in [3.8, 4) is 0 Å². The molecule has 0 aliphatic rings. The predicted octanol–water partition coefficient (Wildman–Crippen LogP) is 1.67. The van der Waals surface area contributed by atoms with Gasteiger partial charge >= 0.3 is 0 Å². The molecule has 2 heterocycles. The molecule has 2 rings (SSSR count). The van der Waals surface area contributed by atoms with Crippen LogP contribution in [0.1, 0.15) is 23.1 Å². The summed E-state index contributed by atoms with van der Waals surface area (Å²) in [7, 11) is 0. The smallest absolute Gasteiger partial charge is 0.229 e. The zero-order valence-corrected chi connectivity index (χ0v) is 8.72. The van der Waals surface area contributed by atoms with Crippen LogP contribution in [0.25, 0.3) is 0 Å². The van der Waals surface area contributed by atoms with Crippen molar-refractivity contribution in [1.82, 2.24) is 14.8 Å². The van der Waals surface area contributed by atoms with Gasteiger partial charge in [0, 0.05) is 12.7 Å². The average Bonchev–Trinajstić information content (AvgIpc) is 2.77. The number of aryl methyl sites for hydroxylation is 1. The lowest BCUT2D eigenvalue weighted by Gasteiger charge is -2.02.